The van der Waals surface area contributed by atoms with Crippen molar-refractivity contribution in [1.82, 2.24) is 9.97 Å². The minimum absolute atomic E-state index is 0.105. The van der Waals surface area contributed by atoms with E-state index in [-0.39, 0.29) is 22.8 Å². The molecule has 6 heteroatoms. The van der Waals surface area contributed by atoms with Gasteiger partial charge in [-0.1, -0.05) is 11.6 Å². The number of nitrogens with zero attached hydrogens (tertiary/aromatic N) is 3. The van der Waals surface area contributed by atoms with Crippen molar-refractivity contribution in [2.45, 2.75) is 6.42 Å². The van der Waals surface area contributed by atoms with Crippen molar-refractivity contribution in [1.29, 1.82) is 0 Å². The normalized spacial score (nSPS) is 19.9. The molecule has 5 nitrogen and oxygen atoms in total. The summed E-state index contributed by atoms with van der Waals surface area (Å²) >= 11 is 5.89. The fourth-order valence-corrected chi connectivity index (χ4v) is 1.90. The molecule has 0 saturated carbocycles. The second kappa shape index (κ2) is 3.99. The Morgan fingerprint density at radius 2 is 2.38 bits per heavy atom. The van der Waals surface area contributed by atoms with Gasteiger partial charge < -0.3 is 10.6 Å². The van der Waals surface area contributed by atoms with E-state index in [1.165, 1.54) is 11.2 Å². The first kappa shape index (κ1) is 10.7. The third kappa shape index (κ3) is 1.68. The van der Waals surface area contributed by atoms with Crippen molar-refractivity contribution in [3.63, 3.8) is 0 Å². The quantitative estimate of drug-likeness (QED) is 0.576. The molecule has 1 fully saturated rings. The Balaban J connectivity index is 2.39. The Kier molecular flexibility index (Phi) is 2.67. The number of halogens is 1. The van der Waals surface area contributed by atoms with Gasteiger partial charge in [0.2, 0.25) is 5.91 Å². The highest BCUT2D eigenvalue weighted by atomic mass is 35.5. The predicted molar refractivity (Wildman–Crippen MR) is 60.7 cm³/mol. The lowest BCUT2D eigenvalue weighted by Gasteiger charge is -2.17. The SMILES string of the molecule is C#CC1CC(=O)N(c2c(N)ncnc2Cl)C1. The van der Waals surface area contributed by atoms with Gasteiger partial charge in [-0.25, -0.2) is 9.97 Å². The van der Waals surface area contributed by atoms with Crippen LogP contribution < -0.4 is 10.6 Å². The van der Waals surface area contributed by atoms with Crippen molar-refractivity contribution in [2.75, 3.05) is 17.2 Å². The fourth-order valence-electron chi connectivity index (χ4n) is 1.65. The number of aromatic nitrogens is 2. The summed E-state index contributed by atoms with van der Waals surface area (Å²) in [5.74, 6) is 2.52. The lowest BCUT2D eigenvalue weighted by molar-refractivity contribution is -0.117. The highest BCUT2D eigenvalue weighted by Crippen LogP contribution is 2.32. The number of hydrogen-bond acceptors (Lipinski definition) is 4. The largest absolute Gasteiger partial charge is 0.382 e. The Morgan fingerprint density at radius 1 is 1.62 bits per heavy atom. The molecule has 2 rings (SSSR count). The van der Waals surface area contributed by atoms with Gasteiger partial charge in [-0.2, -0.15) is 0 Å². The Labute approximate surface area is 97.6 Å². The van der Waals surface area contributed by atoms with Crippen LogP contribution in [0.2, 0.25) is 5.15 Å². The van der Waals surface area contributed by atoms with Crippen molar-refractivity contribution in [2.24, 2.45) is 5.92 Å². The van der Waals surface area contributed by atoms with E-state index in [1.54, 1.807) is 0 Å². The van der Waals surface area contributed by atoms with E-state index in [1.807, 2.05) is 0 Å². The van der Waals surface area contributed by atoms with E-state index in [4.69, 9.17) is 23.8 Å². The highest BCUT2D eigenvalue weighted by molar-refractivity contribution is 6.33. The molecular weight excluding hydrogens is 228 g/mol. The summed E-state index contributed by atoms with van der Waals surface area (Å²) in [5.41, 5.74) is 6.02. The van der Waals surface area contributed by atoms with Crippen LogP contribution in [0.1, 0.15) is 6.42 Å². The zero-order valence-corrected chi connectivity index (χ0v) is 9.11. The molecule has 16 heavy (non-hydrogen) atoms. The number of carbonyl (C=O) groups is 1. The Hall–Kier alpha value is -1.80. The number of carbonyl (C=O) groups excluding carboxylic acids is 1. The second-order valence-electron chi connectivity index (χ2n) is 3.47. The Morgan fingerprint density at radius 3 is 2.94 bits per heavy atom. The number of nitrogen functional groups attached to an aromatic ring is 1. The molecule has 0 bridgehead atoms. The van der Waals surface area contributed by atoms with Crippen LogP contribution in [-0.4, -0.2) is 22.4 Å². The average molecular weight is 237 g/mol. The average Bonchev–Trinajstić information content (AvgIpc) is 2.60. The van der Waals surface area contributed by atoms with E-state index in [0.29, 0.717) is 18.7 Å². The molecule has 82 valence electrons. The van der Waals surface area contributed by atoms with Gasteiger partial charge in [0.25, 0.3) is 0 Å². The zero-order valence-electron chi connectivity index (χ0n) is 8.35. The minimum Gasteiger partial charge on any atom is -0.382 e. The van der Waals surface area contributed by atoms with Gasteiger partial charge in [-0.15, -0.1) is 12.3 Å². The van der Waals surface area contributed by atoms with Gasteiger partial charge in [0.1, 0.15) is 12.0 Å². The molecule has 1 saturated heterocycles. The summed E-state index contributed by atoms with van der Waals surface area (Å²) in [7, 11) is 0. The van der Waals surface area contributed by atoms with Crippen LogP contribution in [0, 0.1) is 18.3 Å². The monoisotopic (exact) mass is 236 g/mol. The highest BCUT2D eigenvalue weighted by Gasteiger charge is 2.32. The number of hydrogen-bond donors (Lipinski definition) is 1. The standard InChI is InChI=1S/C10H9ClN4O/c1-2-6-3-7(16)15(4-6)8-9(11)13-5-14-10(8)12/h1,5-6H,3-4H2,(H2,12,13,14). The van der Waals surface area contributed by atoms with Crippen LogP contribution in [0.3, 0.4) is 0 Å². The molecule has 2 heterocycles. The van der Waals surface area contributed by atoms with Crippen LogP contribution in [0.25, 0.3) is 0 Å². The third-order valence-electron chi connectivity index (χ3n) is 2.44. The van der Waals surface area contributed by atoms with Crippen molar-refractivity contribution in [3.05, 3.63) is 11.5 Å². The molecule has 0 spiro atoms. The number of rotatable bonds is 1. The number of nitrogens with two attached hydrogens (primary N) is 1. The molecule has 0 aromatic carbocycles. The summed E-state index contributed by atoms with van der Waals surface area (Å²) in [6, 6.07) is 0. The Bertz CT molecular complexity index is 462. The fraction of sp³-hybridized carbons (Fsp3) is 0.300. The maximum Gasteiger partial charge on any atom is 0.228 e. The molecule has 1 aliphatic rings. The smallest absolute Gasteiger partial charge is 0.228 e. The summed E-state index contributed by atoms with van der Waals surface area (Å²) in [4.78, 5) is 20.8. The van der Waals surface area contributed by atoms with Crippen LogP contribution in [0.5, 0.6) is 0 Å². The lowest BCUT2D eigenvalue weighted by Crippen LogP contribution is -2.26. The number of anilines is 2. The van der Waals surface area contributed by atoms with Gasteiger partial charge in [-0.3, -0.25) is 4.79 Å². The molecule has 1 unspecified atom stereocenters. The molecule has 0 aliphatic carbocycles. The van der Waals surface area contributed by atoms with Gasteiger partial charge in [0.15, 0.2) is 11.0 Å². The van der Waals surface area contributed by atoms with E-state index >= 15 is 0 Å². The topological polar surface area (TPSA) is 72.1 Å². The molecule has 1 aliphatic heterocycles. The minimum atomic E-state index is -0.108. The number of terminal acetylenes is 1. The van der Waals surface area contributed by atoms with E-state index in [9.17, 15) is 4.79 Å². The summed E-state index contributed by atoms with van der Waals surface area (Å²) in [5, 5.41) is 0.165. The van der Waals surface area contributed by atoms with Crippen molar-refractivity contribution >= 4 is 29.0 Å². The molecule has 2 N–H and O–H groups in total. The maximum atomic E-state index is 11.7. The molecular formula is C10H9ClN4O. The number of amides is 1. The van der Waals surface area contributed by atoms with E-state index in [0.717, 1.165) is 0 Å². The van der Waals surface area contributed by atoms with Gasteiger partial charge >= 0.3 is 0 Å². The second-order valence-corrected chi connectivity index (χ2v) is 3.83. The lowest BCUT2D eigenvalue weighted by atomic mass is 10.1. The van der Waals surface area contributed by atoms with Crippen LogP contribution in [0.4, 0.5) is 11.5 Å². The molecule has 1 aromatic rings. The maximum absolute atomic E-state index is 11.7. The zero-order chi connectivity index (χ0) is 11.7. The molecule has 1 amide bonds. The molecule has 0 radical (unpaired) electrons. The van der Waals surface area contributed by atoms with Gasteiger partial charge in [-0.05, 0) is 0 Å². The first-order valence-corrected chi connectivity index (χ1v) is 5.03. The van der Waals surface area contributed by atoms with Crippen LogP contribution in [-0.2, 0) is 4.79 Å². The predicted octanol–water partition coefficient (Wildman–Crippen LogP) is 0.698. The third-order valence-corrected chi connectivity index (χ3v) is 2.71. The molecule has 1 aromatic heterocycles. The van der Waals surface area contributed by atoms with E-state index < -0.39 is 0 Å². The van der Waals surface area contributed by atoms with Crippen molar-refractivity contribution < 1.29 is 4.79 Å². The first-order chi connectivity index (χ1) is 7.63. The summed E-state index contributed by atoms with van der Waals surface area (Å²) in [6.07, 6.45) is 6.85. The summed E-state index contributed by atoms with van der Waals surface area (Å²) < 4.78 is 0. The van der Waals surface area contributed by atoms with Crippen molar-refractivity contribution in [3.8, 4) is 12.3 Å². The van der Waals surface area contributed by atoms with Crippen LogP contribution in [0.15, 0.2) is 6.33 Å². The van der Waals surface area contributed by atoms with Crippen LogP contribution >= 0.6 is 11.6 Å². The van der Waals surface area contributed by atoms with Gasteiger partial charge in [0.05, 0.1) is 0 Å². The molecule has 1 atom stereocenters. The van der Waals surface area contributed by atoms with E-state index in [2.05, 4.69) is 15.9 Å². The first-order valence-electron chi connectivity index (χ1n) is 4.66. The van der Waals surface area contributed by atoms with Gasteiger partial charge in [0, 0.05) is 18.9 Å². The summed E-state index contributed by atoms with van der Waals surface area (Å²) in [6.45, 7) is 0.409.